The molecule has 0 aliphatic carbocycles. The Morgan fingerprint density at radius 2 is 1.92 bits per heavy atom. The van der Waals surface area contributed by atoms with Crippen LogP contribution in [0.15, 0.2) is 42.5 Å². The Morgan fingerprint density at radius 3 is 2.72 bits per heavy atom. The number of ether oxygens (including phenoxy) is 1. The lowest BCUT2D eigenvalue weighted by Crippen LogP contribution is -2.34. The summed E-state index contributed by atoms with van der Waals surface area (Å²) in [5.41, 5.74) is 2.87. The van der Waals surface area contributed by atoms with Crippen molar-refractivity contribution < 1.29 is 9.53 Å². The van der Waals surface area contributed by atoms with Gasteiger partial charge in [0.25, 0.3) is 5.91 Å². The number of nitrogens with one attached hydrogen (secondary N) is 1. The second-order valence-electron chi connectivity index (χ2n) is 6.62. The molecular weight excluding hydrogens is 336 g/mol. The van der Waals surface area contributed by atoms with Gasteiger partial charge in [0.1, 0.15) is 5.75 Å². The summed E-state index contributed by atoms with van der Waals surface area (Å²) in [4.78, 5) is 15.1. The Labute approximate surface area is 152 Å². The predicted molar refractivity (Wildman–Crippen MR) is 101 cm³/mol. The highest BCUT2D eigenvalue weighted by Crippen LogP contribution is 2.33. The summed E-state index contributed by atoms with van der Waals surface area (Å²) in [6.07, 6.45) is 3.72. The van der Waals surface area contributed by atoms with Crippen LogP contribution in [0.4, 0.5) is 11.4 Å². The summed E-state index contributed by atoms with van der Waals surface area (Å²) >= 11 is 6.17. The Bertz CT molecular complexity index is 762. The van der Waals surface area contributed by atoms with Crippen LogP contribution in [0.25, 0.3) is 0 Å². The molecule has 1 N–H and O–H groups in total. The van der Waals surface area contributed by atoms with Crippen molar-refractivity contribution in [3.63, 3.8) is 0 Å². The van der Waals surface area contributed by atoms with Crippen molar-refractivity contribution in [1.82, 2.24) is 0 Å². The van der Waals surface area contributed by atoms with Crippen molar-refractivity contribution in [3.05, 3.63) is 53.1 Å². The number of halogens is 1. The Hall–Kier alpha value is -2.20. The molecule has 1 fully saturated rings. The molecule has 2 aliphatic rings. The van der Waals surface area contributed by atoms with Crippen LogP contribution in [-0.4, -0.2) is 25.1 Å². The normalized spacial score (nSPS) is 19.2. The number of hydrogen-bond donors (Lipinski definition) is 1. The number of nitrogens with zero attached hydrogens (tertiary/aromatic N) is 1. The third-order valence-corrected chi connectivity index (χ3v) is 5.09. The molecule has 0 unspecified atom stereocenters. The summed E-state index contributed by atoms with van der Waals surface area (Å²) in [5.74, 6) is 0.668. The van der Waals surface area contributed by atoms with E-state index < -0.39 is 6.10 Å². The van der Waals surface area contributed by atoms with E-state index in [9.17, 15) is 4.79 Å². The van der Waals surface area contributed by atoms with Crippen LogP contribution in [0.1, 0.15) is 24.8 Å². The number of para-hydroxylation sites is 1. The van der Waals surface area contributed by atoms with Crippen molar-refractivity contribution in [3.8, 4) is 5.75 Å². The summed E-state index contributed by atoms with van der Waals surface area (Å²) in [7, 11) is 0. The van der Waals surface area contributed by atoms with Gasteiger partial charge in [-0.3, -0.25) is 4.79 Å². The predicted octanol–water partition coefficient (Wildman–Crippen LogP) is 4.27. The van der Waals surface area contributed by atoms with E-state index in [-0.39, 0.29) is 5.91 Å². The smallest absolute Gasteiger partial charge is 0.265 e. The number of anilines is 2. The molecule has 2 heterocycles. The number of hydrogen-bond acceptors (Lipinski definition) is 3. The average molecular weight is 357 g/mol. The van der Waals surface area contributed by atoms with Crippen molar-refractivity contribution >= 4 is 28.9 Å². The van der Waals surface area contributed by atoms with Gasteiger partial charge in [-0.25, -0.2) is 0 Å². The topological polar surface area (TPSA) is 41.6 Å². The van der Waals surface area contributed by atoms with E-state index in [1.165, 1.54) is 19.3 Å². The zero-order valence-corrected chi connectivity index (χ0v) is 14.8. The molecule has 1 amide bonds. The summed E-state index contributed by atoms with van der Waals surface area (Å²) in [6, 6.07) is 13.5. The van der Waals surface area contributed by atoms with Crippen molar-refractivity contribution in [2.75, 3.05) is 23.3 Å². The number of carbonyl (C=O) groups is 1. The van der Waals surface area contributed by atoms with Crippen molar-refractivity contribution in [2.45, 2.75) is 31.8 Å². The minimum absolute atomic E-state index is 0.128. The van der Waals surface area contributed by atoms with Gasteiger partial charge in [0.2, 0.25) is 0 Å². The first kappa shape index (κ1) is 16.3. The maximum Gasteiger partial charge on any atom is 0.265 e. The third-order valence-electron chi connectivity index (χ3n) is 4.85. The molecule has 1 saturated heterocycles. The molecule has 0 radical (unpaired) electrons. The van der Waals surface area contributed by atoms with Gasteiger partial charge in [-0.1, -0.05) is 29.8 Å². The van der Waals surface area contributed by atoms with Gasteiger partial charge in [0.15, 0.2) is 6.10 Å². The number of piperidine rings is 1. The van der Waals surface area contributed by atoms with Gasteiger partial charge in [0, 0.05) is 24.5 Å². The third kappa shape index (κ3) is 3.45. The number of amides is 1. The lowest BCUT2D eigenvalue weighted by Gasteiger charge is -2.30. The monoisotopic (exact) mass is 356 g/mol. The van der Waals surface area contributed by atoms with E-state index in [0.29, 0.717) is 11.4 Å². The maximum atomic E-state index is 12.7. The van der Waals surface area contributed by atoms with E-state index >= 15 is 0 Å². The summed E-state index contributed by atoms with van der Waals surface area (Å²) < 4.78 is 5.80. The number of rotatable bonds is 3. The molecule has 25 heavy (non-hydrogen) atoms. The minimum atomic E-state index is -0.495. The van der Waals surface area contributed by atoms with Crippen LogP contribution >= 0.6 is 11.6 Å². The van der Waals surface area contributed by atoms with Crippen LogP contribution in [0.5, 0.6) is 5.75 Å². The number of carbonyl (C=O) groups excluding carboxylic acids is 1. The Balaban J connectivity index is 1.52. The summed E-state index contributed by atoms with van der Waals surface area (Å²) in [5, 5.41) is 3.65. The lowest BCUT2D eigenvalue weighted by molar-refractivity contribution is -0.122. The number of benzene rings is 2. The first-order valence-electron chi connectivity index (χ1n) is 8.80. The van der Waals surface area contributed by atoms with E-state index in [1.807, 2.05) is 42.5 Å². The molecule has 2 aromatic rings. The van der Waals surface area contributed by atoms with Crippen molar-refractivity contribution in [2.24, 2.45) is 0 Å². The maximum absolute atomic E-state index is 12.7. The first-order valence-corrected chi connectivity index (χ1v) is 9.18. The highest BCUT2D eigenvalue weighted by molar-refractivity contribution is 6.31. The zero-order chi connectivity index (χ0) is 17.2. The van der Waals surface area contributed by atoms with Gasteiger partial charge in [-0.05, 0) is 49.1 Å². The average Bonchev–Trinajstić information content (AvgIpc) is 3.07. The largest absolute Gasteiger partial charge is 0.480 e. The van der Waals surface area contributed by atoms with Crippen LogP contribution < -0.4 is 15.0 Å². The highest BCUT2D eigenvalue weighted by atomic mass is 35.5. The fourth-order valence-electron chi connectivity index (χ4n) is 3.56. The molecule has 0 bridgehead atoms. The molecule has 2 aromatic carbocycles. The lowest BCUT2D eigenvalue weighted by atomic mass is 10.1. The first-order chi connectivity index (χ1) is 12.2. The molecular formula is C20H21ClN2O2. The standard InChI is InChI=1S/C20H21ClN2O2/c21-15-8-9-17(23-10-4-1-5-11-23)16(13-15)22-20(24)19-12-14-6-2-3-7-18(14)25-19/h2-3,6-9,13,19H,1,4-5,10-12H2,(H,22,24)/t19-/m1/s1. The molecule has 2 aliphatic heterocycles. The highest BCUT2D eigenvalue weighted by Gasteiger charge is 2.29. The SMILES string of the molecule is O=C(Nc1cc(Cl)ccc1N1CCCCC1)[C@H]1Cc2ccccc2O1. The number of fused-ring (bicyclic) bond motifs is 1. The van der Waals surface area contributed by atoms with Crippen LogP contribution in [-0.2, 0) is 11.2 Å². The van der Waals surface area contributed by atoms with Gasteiger partial charge in [0.05, 0.1) is 11.4 Å². The van der Waals surface area contributed by atoms with Gasteiger partial charge >= 0.3 is 0 Å². The Morgan fingerprint density at radius 1 is 1.12 bits per heavy atom. The molecule has 4 nitrogen and oxygen atoms in total. The van der Waals surface area contributed by atoms with Gasteiger partial charge in [-0.2, -0.15) is 0 Å². The molecule has 130 valence electrons. The Kier molecular flexibility index (Phi) is 4.53. The fourth-order valence-corrected chi connectivity index (χ4v) is 3.73. The molecule has 4 rings (SSSR count). The quantitative estimate of drug-likeness (QED) is 0.892. The molecule has 0 aromatic heterocycles. The van der Waals surface area contributed by atoms with Gasteiger partial charge < -0.3 is 15.0 Å². The summed E-state index contributed by atoms with van der Waals surface area (Å²) in [6.45, 7) is 2.02. The second-order valence-corrected chi connectivity index (χ2v) is 7.05. The van der Waals surface area contributed by atoms with E-state index in [2.05, 4.69) is 10.2 Å². The molecule has 1 atom stereocenters. The fraction of sp³-hybridized carbons (Fsp3) is 0.350. The molecule has 5 heteroatoms. The van der Waals surface area contributed by atoms with Crippen LogP contribution in [0, 0.1) is 0 Å². The molecule has 0 saturated carbocycles. The zero-order valence-electron chi connectivity index (χ0n) is 14.0. The van der Waals surface area contributed by atoms with E-state index in [0.717, 1.165) is 35.8 Å². The van der Waals surface area contributed by atoms with Crippen LogP contribution in [0.3, 0.4) is 0 Å². The second kappa shape index (κ2) is 6.96. The molecule has 0 spiro atoms. The van der Waals surface area contributed by atoms with E-state index in [4.69, 9.17) is 16.3 Å². The van der Waals surface area contributed by atoms with Crippen molar-refractivity contribution in [1.29, 1.82) is 0 Å². The van der Waals surface area contributed by atoms with Crippen LogP contribution in [0.2, 0.25) is 5.02 Å². The van der Waals surface area contributed by atoms with Gasteiger partial charge in [-0.15, -0.1) is 0 Å². The minimum Gasteiger partial charge on any atom is -0.480 e. The van der Waals surface area contributed by atoms with E-state index in [1.54, 1.807) is 0 Å².